The number of carbonyl (C=O) groups excluding carboxylic acids is 2. The molecule has 3 N–H and O–H groups in total. The maximum absolute atomic E-state index is 13.0. The molecule has 1 aliphatic carbocycles. The number of amides is 2. The van der Waals surface area contributed by atoms with Crippen molar-refractivity contribution in [3.05, 3.63) is 42.1 Å². The maximum Gasteiger partial charge on any atom is 0.243 e. The SMILES string of the molecule is CNC(C(=O)N1C[C@H](O)C[C@H]1C(=O)N[C@@H](C)c1ccc(-c2ccnn2C)cc1)C1CC1. The molecule has 4 atom stereocenters. The van der Waals surface area contributed by atoms with Gasteiger partial charge in [0.2, 0.25) is 11.8 Å². The Bertz CT molecular complexity index is 937. The second-order valence-electron chi connectivity index (χ2n) is 8.69. The summed E-state index contributed by atoms with van der Waals surface area (Å²) in [6.45, 7) is 2.13. The number of benzene rings is 1. The molecule has 1 aromatic heterocycles. The van der Waals surface area contributed by atoms with Crippen LogP contribution in [0.15, 0.2) is 36.5 Å². The molecule has 1 unspecified atom stereocenters. The lowest BCUT2D eigenvalue weighted by atomic mass is 10.0. The van der Waals surface area contributed by atoms with Gasteiger partial charge in [-0.2, -0.15) is 5.10 Å². The Kier molecular flexibility index (Phi) is 6.11. The monoisotopic (exact) mass is 425 g/mol. The predicted molar refractivity (Wildman–Crippen MR) is 117 cm³/mol. The lowest BCUT2D eigenvalue weighted by Gasteiger charge is -2.29. The first-order chi connectivity index (χ1) is 14.9. The van der Waals surface area contributed by atoms with Gasteiger partial charge >= 0.3 is 0 Å². The highest BCUT2D eigenvalue weighted by Gasteiger charge is 2.44. The number of aromatic nitrogens is 2. The fraction of sp³-hybridized carbons (Fsp3) is 0.522. The summed E-state index contributed by atoms with van der Waals surface area (Å²) in [5.74, 6) is 0.0180. The van der Waals surface area contributed by atoms with Gasteiger partial charge in [-0.15, -0.1) is 0 Å². The van der Waals surface area contributed by atoms with E-state index in [9.17, 15) is 14.7 Å². The van der Waals surface area contributed by atoms with Gasteiger partial charge in [0.1, 0.15) is 6.04 Å². The molecule has 8 nitrogen and oxygen atoms in total. The largest absolute Gasteiger partial charge is 0.391 e. The third-order valence-electron chi connectivity index (χ3n) is 6.42. The van der Waals surface area contributed by atoms with Crippen LogP contribution in [0, 0.1) is 5.92 Å². The molecule has 1 saturated heterocycles. The van der Waals surface area contributed by atoms with Gasteiger partial charge in [-0.05, 0) is 49.9 Å². The van der Waals surface area contributed by atoms with Gasteiger partial charge in [-0.1, -0.05) is 24.3 Å². The average Bonchev–Trinajstić information content (AvgIpc) is 3.37. The number of rotatable bonds is 7. The number of likely N-dealkylation sites (tertiary alicyclic amines) is 1. The van der Waals surface area contributed by atoms with E-state index in [1.807, 2.05) is 49.0 Å². The molecular formula is C23H31N5O3. The number of nitrogens with zero attached hydrogens (tertiary/aromatic N) is 3. The van der Waals surface area contributed by atoms with Crippen LogP contribution < -0.4 is 10.6 Å². The van der Waals surface area contributed by atoms with E-state index in [1.54, 1.807) is 18.1 Å². The van der Waals surface area contributed by atoms with Gasteiger partial charge in [0.05, 0.1) is 23.9 Å². The summed E-state index contributed by atoms with van der Waals surface area (Å²) in [6.07, 6.45) is 3.40. The summed E-state index contributed by atoms with van der Waals surface area (Å²) in [7, 11) is 3.68. The highest BCUT2D eigenvalue weighted by molar-refractivity contribution is 5.91. The minimum Gasteiger partial charge on any atom is -0.391 e. The summed E-state index contributed by atoms with van der Waals surface area (Å²) in [6, 6.07) is 8.82. The molecule has 1 aromatic carbocycles. The van der Waals surface area contributed by atoms with Crippen LogP contribution in [0.4, 0.5) is 0 Å². The topological polar surface area (TPSA) is 99.5 Å². The minimum absolute atomic E-state index is 0.0881. The zero-order valence-electron chi connectivity index (χ0n) is 18.3. The highest BCUT2D eigenvalue weighted by Crippen LogP contribution is 2.34. The molecule has 2 aromatic rings. The zero-order chi connectivity index (χ0) is 22.1. The van der Waals surface area contributed by atoms with Crippen molar-refractivity contribution in [3.63, 3.8) is 0 Å². The Labute approximate surface area is 182 Å². The first kappa shape index (κ1) is 21.5. The fourth-order valence-electron chi connectivity index (χ4n) is 4.47. The van der Waals surface area contributed by atoms with E-state index in [1.165, 1.54) is 0 Å². The van der Waals surface area contributed by atoms with Crippen LogP contribution in [0.1, 0.15) is 37.8 Å². The third kappa shape index (κ3) is 4.50. The van der Waals surface area contributed by atoms with Gasteiger partial charge < -0.3 is 20.6 Å². The van der Waals surface area contributed by atoms with Crippen LogP contribution in [0.5, 0.6) is 0 Å². The standard InChI is InChI=1S/C23H31N5O3/c1-14(15-4-6-16(7-5-15)19-10-11-25-27(19)3)26-22(30)20-12-18(29)13-28(20)23(31)21(24-2)17-8-9-17/h4-7,10-11,14,17-18,20-21,24,29H,8-9,12-13H2,1-3H3,(H,26,30)/t14-,18+,20-,21?/m0/s1. The minimum atomic E-state index is -0.676. The molecule has 8 heteroatoms. The van der Waals surface area contributed by atoms with E-state index in [2.05, 4.69) is 15.7 Å². The summed E-state index contributed by atoms with van der Waals surface area (Å²) in [5.41, 5.74) is 3.05. The number of hydrogen-bond donors (Lipinski definition) is 3. The van der Waals surface area contributed by atoms with E-state index < -0.39 is 12.1 Å². The molecule has 0 bridgehead atoms. The van der Waals surface area contributed by atoms with Crippen LogP contribution in [-0.2, 0) is 16.6 Å². The van der Waals surface area contributed by atoms with E-state index in [0.29, 0.717) is 5.92 Å². The second kappa shape index (κ2) is 8.80. The summed E-state index contributed by atoms with van der Waals surface area (Å²) in [5, 5.41) is 20.5. The number of carbonyl (C=O) groups is 2. The van der Waals surface area contributed by atoms with Crippen molar-refractivity contribution in [1.82, 2.24) is 25.3 Å². The Morgan fingerprint density at radius 3 is 2.48 bits per heavy atom. The van der Waals surface area contributed by atoms with Crippen molar-refractivity contribution >= 4 is 11.8 Å². The van der Waals surface area contributed by atoms with Gasteiger partial charge in [0, 0.05) is 26.2 Å². The molecule has 2 amide bonds. The number of aliphatic hydroxyl groups is 1. The molecule has 4 rings (SSSR count). The Morgan fingerprint density at radius 1 is 1.19 bits per heavy atom. The molecule has 1 saturated carbocycles. The van der Waals surface area contributed by atoms with Crippen molar-refractivity contribution in [2.45, 2.75) is 50.4 Å². The normalized spacial score (nSPS) is 22.9. The smallest absolute Gasteiger partial charge is 0.243 e. The zero-order valence-corrected chi connectivity index (χ0v) is 18.3. The second-order valence-corrected chi connectivity index (χ2v) is 8.69. The quantitative estimate of drug-likeness (QED) is 0.620. The number of likely N-dealkylation sites (N-methyl/N-ethyl adjacent to an activating group) is 1. The van der Waals surface area contributed by atoms with Crippen LogP contribution in [0.2, 0.25) is 0 Å². The number of aryl methyl sites for hydroxylation is 1. The fourth-order valence-corrected chi connectivity index (χ4v) is 4.47. The van der Waals surface area contributed by atoms with Gasteiger partial charge in [-0.3, -0.25) is 14.3 Å². The van der Waals surface area contributed by atoms with Crippen LogP contribution in [0.3, 0.4) is 0 Å². The number of nitrogens with one attached hydrogen (secondary N) is 2. The number of β-amino-alcohol motifs (C(OH)–C–C–N with tert-alkyl or cyclic N) is 1. The van der Waals surface area contributed by atoms with Crippen LogP contribution >= 0.6 is 0 Å². The lowest BCUT2D eigenvalue weighted by Crippen LogP contribution is -2.52. The van der Waals surface area contributed by atoms with E-state index in [4.69, 9.17) is 0 Å². The van der Waals surface area contributed by atoms with Crippen molar-refractivity contribution < 1.29 is 14.7 Å². The van der Waals surface area contributed by atoms with Crippen LogP contribution in [0.25, 0.3) is 11.3 Å². The Balaban J connectivity index is 1.42. The summed E-state index contributed by atoms with van der Waals surface area (Å²) >= 11 is 0. The van der Waals surface area contributed by atoms with E-state index >= 15 is 0 Å². The molecule has 2 heterocycles. The highest BCUT2D eigenvalue weighted by atomic mass is 16.3. The molecule has 0 spiro atoms. The molecule has 0 radical (unpaired) electrons. The summed E-state index contributed by atoms with van der Waals surface area (Å²) in [4.78, 5) is 27.6. The molecule has 31 heavy (non-hydrogen) atoms. The molecule has 1 aliphatic heterocycles. The van der Waals surface area contributed by atoms with E-state index in [-0.39, 0.29) is 36.9 Å². The van der Waals surface area contributed by atoms with Gasteiger partial charge in [0.25, 0.3) is 0 Å². The molecule has 166 valence electrons. The maximum atomic E-state index is 13.0. The molecular weight excluding hydrogens is 394 g/mol. The van der Waals surface area contributed by atoms with Gasteiger partial charge in [0.15, 0.2) is 0 Å². The Morgan fingerprint density at radius 2 is 1.90 bits per heavy atom. The number of aliphatic hydroxyl groups excluding tert-OH is 1. The third-order valence-corrected chi connectivity index (χ3v) is 6.42. The van der Waals surface area contributed by atoms with Crippen molar-refractivity contribution in [3.8, 4) is 11.3 Å². The first-order valence-electron chi connectivity index (χ1n) is 10.9. The van der Waals surface area contributed by atoms with Crippen molar-refractivity contribution in [2.24, 2.45) is 13.0 Å². The Hall–Kier alpha value is -2.71. The number of hydrogen-bond acceptors (Lipinski definition) is 5. The lowest BCUT2D eigenvalue weighted by molar-refractivity contribution is -0.140. The van der Waals surface area contributed by atoms with Crippen molar-refractivity contribution in [1.29, 1.82) is 0 Å². The predicted octanol–water partition coefficient (Wildman–Crippen LogP) is 1.22. The molecule has 2 fully saturated rings. The van der Waals surface area contributed by atoms with Crippen LogP contribution in [-0.4, -0.2) is 63.4 Å². The molecule has 2 aliphatic rings. The van der Waals surface area contributed by atoms with Crippen molar-refractivity contribution in [2.75, 3.05) is 13.6 Å². The first-order valence-corrected chi connectivity index (χ1v) is 10.9. The van der Waals surface area contributed by atoms with Gasteiger partial charge in [-0.25, -0.2) is 0 Å². The van der Waals surface area contributed by atoms with E-state index in [0.717, 1.165) is 29.7 Å². The average molecular weight is 426 g/mol. The summed E-state index contributed by atoms with van der Waals surface area (Å²) < 4.78 is 1.82.